The summed E-state index contributed by atoms with van der Waals surface area (Å²) in [5.74, 6) is -0.297. The summed E-state index contributed by atoms with van der Waals surface area (Å²) in [6.45, 7) is 2.88. The van der Waals surface area contributed by atoms with Gasteiger partial charge in [-0.05, 0) is 37.3 Å². The monoisotopic (exact) mass is 474 g/mol. The number of hydrogen-bond donors (Lipinski definition) is 0. The van der Waals surface area contributed by atoms with E-state index in [2.05, 4.69) is 15.9 Å². The fourth-order valence-corrected chi connectivity index (χ4v) is 5.00. The topological polar surface area (TPSA) is 25.2 Å². The van der Waals surface area contributed by atoms with Crippen LogP contribution in [-0.4, -0.2) is 26.2 Å². The fourth-order valence-electron chi connectivity index (χ4n) is 3.27. The standard InChI is InChI=1S/C21H16BrFN2OS2/c1-2-25-20(26)19(28-21(25)27)9-14-12-24(11-13-5-3-4-6-17(13)23)18-8-7-15(22)10-16(14)18/h3-10,12H,2,11H2,1H3/b19-9-. The van der Waals surface area contributed by atoms with E-state index in [-0.39, 0.29) is 11.7 Å². The molecular formula is C21H16BrFN2OS2. The first-order valence-corrected chi connectivity index (χ1v) is 10.8. The Hall–Kier alpha value is -1.96. The summed E-state index contributed by atoms with van der Waals surface area (Å²) in [4.78, 5) is 14.8. The van der Waals surface area contributed by atoms with Crippen molar-refractivity contribution in [1.29, 1.82) is 0 Å². The van der Waals surface area contributed by atoms with Gasteiger partial charge in [0, 0.05) is 39.2 Å². The average molecular weight is 475 g/mol. The number of hydrogen-bond acceptors (Lipinski definition) is 3. The van der Waals surface area contributed by atoms with Crippen LogP contribution in [0.2, 0.25) is 0 Å². The Kier molecular flexibility index (Phi) is 5.40. The van der Waals surface area contributed by atoms with Gasteiger partial charge in [0.15, 0.2) is 0 Å². The minimum atomic E-state index is -0.230. The van der Waals surface area contributed by atoms with E-state index in [4.69, 9.17) is 12.2 Å². The van der Waals surface area contributed by atoms with Crippen LogP contribution in [0.4, 0.5) is 4.39 Å². The number of benzene rings is 2. The molecule has 1 saturated heterocycles. The fraction of sp³-hybridized carbons (Fsp3) is 0.143. The first kappa shape index (κ1) is 19.4. The summed E-state index contributed by atoms with van der Waals surface area (Å²) >= 11 is 10.1. The van der Waals surface area contributed by atoms with Gasteiger partial charge in [-0.1, -0.05) is 58.1 Å². The van der Waals surface area contributed by atoms with E-state index in [9.17, 15) is 9.18 Å². The zero-order chi connectivity index (χ0) is 19.8. The van der Waals surface area contributed by atoms with Gasteiger partial charge in [-0.25, -0.2) is 4.39 Å². The number of fused-ring (bicyclic) bond motifs is 1. The Bertz CT molecular complexity index is 1140. The van der Waals surface area contributed by atoms with E-state index < -0.39 is 0 Å². The molecule has 0 aliphatic carbocycles. The first-order valence-electron chi connectivity index (χ1n) is 8.75. The highest BCUT2D eigenvalue weighted by molar-refractivity contribution is 9.10. The van der Waals surface area contributed by atoms with Crippen molar-refractivity contribution < 1.29 is 9.18 Å². The van der Waals surface area contributed by atoms with E-state index in [1.54, 1.807) is 17.0 Å². The Morgan fingerprint density at radius 1 is 1.25 bits per heavy atom. The van der Waals surface area contributed by atoms with Crippen molar-refractivity contribution in [2.24, 2.45) is 0 Å². The predicted molar refractivity (Wildman–Crippen MR) is 121 cm³/mol. The Morgan fingerprint density at radius 3 is 2.75 bits per heavy atom. The summed E-state index contributed by atoms with van der Waals surface area (Å²) in [7, 11) is 0. The van der Waals surface area contributed by atoms with Crippen molar-refractivity contribution in [1.82, 2.24) is 9.47 Å². The Labute approximate surface area is 180 Å². The number of amides is 1. The summed E-state index contributed by atoms with van der Waals surface area (Å²) in [6, 6.07) is 12.7. The average Bonchev–Trinajstić information content (AvgIpc) is 3.13. The molecule has 1 amide bonds. The second kappa shape index (κ2) is 7.81. The number of likely N-dealkylation sites (N-methyl/N-ethyl adjacent to an activating group) is 1. The highest BCUT2D eigenvalue weighted by Gasteiger charge is 2.30. The molecule has 28 heavy (non-hydrogen) atoms. The van der Waals surface area contributed by atoms with Gasteiger partial charge in [-0.2, -0.15) is 0 Å². The minimum absolute atomic E-state index is 0.0671. The van der Waals surface area contributed by atoms with Crippen LogP contribution in [0.15, 0.2) is 58.0 Å². The number of thiocarbonyl (C=S) groups is 1. The van der Waals surface area contributed by atoms with Crippen LogP contribution in [0.25, 0.3) is 17.0 Å². The number of halogens is 2. The van der Waals surface area contributed by atoms with E-state index >= 15 is 0 Å². The maximum absolute atomic E-state index is 14.1. The van der Waals surface area contributed by atoms with Crippen LogP contribution >= 0.6 is 39.9 Å². The number of carbonyl (C=O) groups excluding carboxylic acids is 1. The van der Waals surface area contributed by atoms with E-state index in [0.29, 0.717) is 27.9 Å². The summed E-state index contributed by atoms with van der Waals surface area (Å²) < 4.78 is 17.7. The van der Waals surface area contributed by atoms with Crippen LogP contribution in [0.5, 0.6) is 0 Å². The lowest BCUT2D eigenvalue weighted by Gasteiger charge is -2.09. The molecular weight excluding hydrogens is 459 g/mol. The maximum Gasteiger partial charge on any atom is 0.266 e. The normalized spacial score (nSPS) is 16.0. The molecule has 0 atom stereocenters. The van der Waals surface area contributed by atoms with Crippen molar-refractivity contribution in [2.75, 3.05) is 6.54 Å². The van der Waals surface area contributed by atoms with Gasteiger partial charge < -0.3 is 4.57 Å². The summed E-state index contributed by atoms with van der Waals surface area (Å²) in [6.07, 6.45) is 3.84. The quantitative estimate of drug-likeness (QED) is 0.352. The third-order valence-electron chi connectivity index (χ3n) is 4.65. The van der Waals surface area contributed by atoms with Crippen molar-refractivity contribution in [3.05, 3.63) is 75.0 Å². The third-order valence-corrected chi connectivity index (χ3v) is 6.52. The molecule has 2 aromatic carbocycles. The van der Waals surface area contributed by atoms with Gasteiger partial charge in [0.25, 0.3) is 5.91 Å². The largest absolute Gasteiger partial charge is 0.342 e. The van der Waals surface area contributed by atoms with E-state index in [1.807, 2.05) is 48.0 Å². The lowest BCUT2D eigenvalue weighted by Crippen LogP contribution is -2.27. The lowest BCUT2D eigenvalue weighted by molar-refractivity contribution is -0.121. The van der Waals surface area contributed by atoms with Gasteiger partial charge in [0.05, 0.1) is 11.4 Å². The molecule has 1 aliphatic heterocycles. The first-order chi connectivity index (χ1) is 13.5. The molecule has 3 nitrogen and oxygen atoms in total. The van der Waals surface area contributed by atoms with Gasteiger partial charge >= 0.3 is 0 Å². The molecule has 7 heteroatoms. The zero-order valence-electron chi connectivity index (χ0n) is 15.0. The minimum Gasteiger partial charge on any atom is -0.342 e. The molecule has 3 aromatic rings. The third kappa shape index (κ3) is 3.54. The van der Waals surface area contributed by atoms with Gasteiger partial charge in [0.2, 0.25) is 0 Å². The van der Waals surface area contributed by atoms with E-state index in [1.165, 1.54) is 17.8 Å². The highest BCUT2D eigenvalue weighted by atomic mass is 79.9. The molecule has 0 saturated carbocycles. The molecule has 0 N–H and O–H groups in total. The molecule has 1 aliphatic rings. The van der Waals surface area contributed by atoms with Crippen molar-refractivity contribution in [2.45, 2.75) is 13.5 Å². The maximum atomic E-state index is 14.1. The molecule has 0 radical (unpaired) electrons. The number of rotatable bonds is 4. The Morgan fingerprint density at radius 2 is 2.04 bits per heavy atom. The summed E-state index contributed by atoms with van der Waals surface area (Å²) in [5.41, 5.74) is 2.50. The van der Waals surface area contributed by atoms with Crippen LogP contribution < -0.4 is 0 Å². The predicted octanol–water partition coefficient (Wildman–Crippen LogP) is 5.81. The van der Waals surface area contributed by atoms with Crippen LogP contribution in [-0.2, 0) is 11.3 Å². The van der Waals surface area contributed by atoms with Crippen molar-refractivity contribution in [3.8, 4) is 0 Å². The summed E-state index contributed by atoms with van der Waals surface area (Å²) in [5, 5.41) is 0.993. The van der Waals surface area contributed by atoms with Gasteiger partial charge in [0.1, 0.15) is 10.1 Å². The molecule has 0 bridgehead atoms. The number of nitrogens with zero attached hydrogens (tertiary/aromatic N) is 2. The smallest absolute Gasteiger partial charge is 0.266 e. The highest BCUT2D eigenvalue weighted by Crippen LogP contribution is 2.35. The molecule has 142 valence electrons. The molecule has 2 heterocycles. The van der Waals surface area contributed by atoms with Crippen LogP contribution in [0, 0.1) is 5.82 Å². The van der Waals surface area contributed by atoms with Crippen LogP contribution in [0.3, 0.4) is 0 Å². The van der Waals surface area contributed by atoms with Gasteiger partial charge in [-0.3, -0.25) is 9.69 Å². The SMILES string of the molecule is CCN1C(=O)/C(=C/c2cn(Cc3ccccc3F)c3ccc(Br)cc23)SC1=S. The number of carbonyl (C=O) groups is 1. The zero-order valence-corrected chi connectivity index (χ0v) is 18.2. The molecule has 1 fully saturated rings. The van der Waals surface area contributed by atoms with Crippen molar-refractivity contribution in [3.63, 3.8) is 0 Å². The number of aromatic nitrogens is 1. The number of thioether (sulfide) groups is 1. The second-order valence-corrected chi connectivity index (χ2v) is 8.98. The lowest BCUT2D eigenvalue weighted by atomic mass is 10.1. The molecule has 1 aromatic heterocycles. The molecule has 4 rings (SSSR count). The van der Waals surface area contributed by atoms with Gasteiger partial charge in [-0.15, -0.1) is 0 Å². The Balaban J connectivity index is 1.80. The van der Waals surface area contributed by atoms with E-state index in [0.717, 1.165) is 20.9 Å². The van der Waals surface area contributed by atoms with Crippen LogP contribution in [0.1, 0.15) is 18.1 Å². The van der Waals surface area contributed by atoms with Crippen molar-refractivity contribution >= 4 is 67.1 Å². The second-order valence-electron chi connectivity index (χ2n) is 6.39. The molecule has 0 unspecified atom stereocenters. The molecule has 0 spiro atoms.